The van der Waals surface area contributed by atoms with Gasteiger partial charge in [0, 0.05) is 37.4 Å². The fraction of sp³-hybridized carbons (Fsp3) is 0.375. The Balaban J connectivity index is 2.25. The minimum atomic E-state index is -0.388. The first-order chi connectivity index (χ1) is 10.7. The van der Waals surface area contributed by atoms with Crippen molar-refractivity contribution in [2.24, 2.45) is 0 Å². The predicted octanol–water partition coefficient (Wildman–Crippen LogP) is 1.69. The van der Waals surface area contributed by atoms with E-state index < -0.39 is 0 Å². The lowest BCUT2D eigenvalue weighted by Gasteiger charge is -2.07. The molecule has 118 valence electrons. The molecule has 0 aliphatic rings. The van der Waals surface area contributed by atoms with Gasteiger partial charge in [0.05, 0.1) is 6.61 Å². The number of hydrogen-bond donors (Lipinski definition) is 2. The fourth-order valence-corrected chi connectivity index (χ4v) is 2.14. The van der Waals surface area contributed by atoms with Crippen molar-refractivity contribution in [1.29, 1.82) is 0 Å². The number of ether oxygens (including phenoxy) is 2. The van der Waals surface area contributed by atoms with E-state index in [2.05, 4.69) is 10.3 Å². The molecule has 2 aromatic rings. The van der Waals surface area contributed by atoms with Crippen LogP contribution in [0, 0.1) is 0 Å². The van der Waals surface area contributed by atoms with E-state index in [0.717, 1.165) is 0 Å². The average Bonchev–Trinajstić information content (AvgIpc) is 2.52. The number of hydrogen-bond acceptors (Lipinski definition) is 4. The van der Waals surface area contributed by atoms with Crippen molar-refractivity contribution >= 4 is 16.8 Å². The molecular formula is C16H20N2O4. The molecule has 0 aliphatic carbocycles. The highest BCUT2D eigenvalue weighted by atomic mass is 16.5. The van der Waals surface area contributed by atoms with Gasteiger partial charge in [-0.2, -0.15) is 0 Å². The SMILES string of the molecule is CCOc1ccc2[nH]cc(C(=O)NCCCOC)c(=O)c2c1. The van der Waals surface area contributed by atoms with Gasteiger partial charge in [-0.15, -0.1) is 0 Å². The number of fused-ring (bicyclic) bond motifs is 1. The average molecular weight is 304 g/mol. The normalized spacial score (nSPS) is 10.6. The predicted molar refractivity (Wildman–Crippen MR) is 84.6 cm³/mol. The molecule has 0 bridgehead atoms. The molecule has 6 nitrogen and oxygen atoms in total. The van der Waals surface area contributed by atoms with Gasteiger partial charge in [-0.25, -0.2) is 0 Å². The second-order valence-electron chi connectivity index (χ2n) is 4.77. The molecule has 2 N–H and O–H groups in total. The number of aromatic amines is 1. The number of rotatable bonds is 7. The molecule has 0 atom stereocenters. The maximum atomic E-state index is 12.5. The van der Waals surface area contributed by atoms with Crippen molar-refractivity contribution in [3.05, 3.63) is 40.2 Å². The van der Waals surface area contributed by atoms with Gasteiger partial charge in [0.25, 0.3) is 5.91 Å². The summed E-state index contributed by atoms with van der Waals surface area (Å²) in [5.41, 5.74) is 0.461. The maximum absolute atomic E-state index is 12.5. The largest absolute Gasteiger partial charge is 0.494 e. The zero-order valence-corrected chi connectivity index (χ0v) is 12.8. The van der Waals surface area contributed by atoms with Crippen molar-refractivity contribution in [3.63, 3.8) is 0 Å². The number of nitrogens with one attached hydrogen (secondary N) is 2. The van der Waals surface area contributed by atoms with E-state index in [9.17, 15) is 9.59 Å². The molecule has 0 saturated carbocycles. The highest BCUT2D eigenvalue weighted by Gasteiger charge is 2.13. The van der Waals surface area contributed by atoms with Gasteiger partial charge in [0.1, 0.15) is 11.3 Å². The Morgan fingerprint density at radius 3 is 2.91 bits per heavy atom. The van der Waals surface area contributed by atoms with Crippen LogP contribution in [0.15, 0.2) is 29.2 Å². The van der Waals surface area contributed by atoms with Gasteiger partial charge in [-0.1, -0.05) is 0 Å². The topological polar surface area (TPSA) is 80.4 Å². The summed E-state index contributed by atoms with van der Waals surface area (Å²) < 4.78 is 10.3. The molecular weight excluding hydrogens is 284 g/mol. The Morgan fingerprint density at radius 1 is 1.36 bits per heavy atom. The summed E-state index contributed by atoms with van der Waals surface area (Å²) >= 11 is 0. The van der Waals surface area contributed by atoms with E-state index in [1.54, 1.807) is 25.3 Å². The number of carbonyl (C=O) groups excluding carboxylic acids is 1. The van der Waals surface area contributed by atoms with Crippen LogP contribution in [0.1, 0.15) is 23.7 Å². The van der Waals surface area contributed by atoms with E-state index in [-0.39, 0.29) is 16.9 Å². The van der Waals surface area contributed by atoms with E-state index >= 15 is 0 Å². The lowest BCUT2D eigenvalue weighted by Crippen LogP contribution is -2.30. The third-order valence-corrected chi connectivity index (χ3v) is 3.22. The van der Waals surface area contributed by atoms with Crippen LogP contribution in [0.25, 0.3) is 10.9 Å². The second kappa shape index (κ2) is 7.61. The van der Waals surface area contributed by atoms with Gasteiger partial charge in [0.15, 0.2) is 0 Å². The molecule has 0 unspecified atom stereocenters. The highest BCUT2D eigenvalue weighted by molar-refractivity contribution is 5.97. The number of pyridine rings is 1. The standard InChI is InChI=1S/C16H20N2O4/c1-3-22-11-5-6-14-12(9-11)15(19)13(10-18-14)16(20)17-7-4-8-21-2/h5-6,9-10H,3-4,7-8H2,1-2H3,(H,17,20)(H,18,19). The Bertz CT molecular complexity index is 709. The Hall–Kier alpha value is -2.34. The molecule has 0 fully saturated rings. The molecule has 0 radical (unpaired) electrons. The lowest BCUT2D eigenvalue weighted by atomic mass is 10.1. The number of methoxy groups -OCH3 is 1. The van der Waals surface area contributed by atoms with Crippen LogP contribution in [0.4, 0.5) is 0 Å². The summed E-state index contributed by atoms with van der Waals surface area (Å²) in [5, 5.41) is 3.15. The van der Waals surface area contributed by atoms with Crippen LogP contribution in [-0.4, -0.2) is 37.8 Å². The fourth-order valence-electron chi connectivity index (χ4n) is 2.14. The van der Waals surface area contributed by atoms with E-state index in [0.29, 0.717) is 42.8 Å². The molecule has 1 heterocycles. The summed E-state index contributed by atoms with van der Waals surface area (Å²) in [6, 6.07) is 5.20. The first kappa shape index (κ1) is 16.0. The third kappa shape index (κ3) is 3.65. The van der Waals surface area contributed by atoms with Crippen LogP contribution < -0.4 is 15.5 Å². The van der Waals surface area contributed by atoms with Gasteiger partial charge in [0.2, 0.25) is 5.43 Å². The Kier molecular flexibility index (Phi) is 5.55. The smallest absolute Gasteiger partial charge is 0.256 e. The third-order valence-electron chi connectivity index (χ3n) is 3.22. The molecule has 0 saturated heterocycles. The molecule has 2 rings (SSSR count). The van der Waals surface area contributed by atoms with E-state index in [1.165, 1.54) is 6.20 Å². The minimum absolute atomic E-state index is 0.0959. The molecule has 6 heteroatoms. The van der Waals surface area contributed by atoms with Crippen LogP contribution in [0.2, 0.25) is 0 Å². The molecule has 1 amide bonds. The maximum Gasteiger partial charge on any atom is 0.256 e. The van der Waals surface area contributed by atoms with Gasteiger partial charge in [-0.3, -0.25) is 9.59 Å². The Morgan fingerprint density at radius 2 is 2.18 bits per heavy atom. The van der Waals surface area contributed by atoms with E-state index in [1.807, 2.05) is 6.92 Å². The summed E-state index contributed by atoms with van der Waals surface area (Å²) in [4.78, 5) is 27.5. The van der Waals surface area contributed by atoms with Gasteiger partial charge in [-0.05, 0) is 31.5 Å². The molecule has 22 heavy (non-hydrogen) atoms. The lowest BCUT2D eigenvalue weighted by molar-refractivity contribution is 0.0947. The zero-order chi connectivity index (χ0) is 15.9. The monoisotopic (exact) mass is 304 g/mol. The van der Waals surface area contributed by atoms with Crippen LogP contribution in [0.3, 0.4) is 0 Å². The van der Waals surface area contributed by atoms with Crippen molar-refractivity contribution < 1.29 is 14.3 Å². The molecule has 0 spiro atoms. The second-order valence-corrected chi connectivity index (χ2v) is 4.77. The zero-order valence-electron chi connectivity index (χ0n) is 12.8. The first-order valence-electron chi connectivity index (χ1n) is 7.22. The van der Waals surface area contributed by atoms with Crippen LogP contribution in [0.5, 0.6) is 5.75 Å². The first-order valence-corrected chi connectivity index (χ1v) is 7.22. The number of benzene rings is 1. The molecule has 1 aromatic heterocycles. The van der Waals surface area contributed by atoms with Crippen LogP contribution >= 0.6 is 0 Å². The summed E-state index contributed by atoms with van der Waals surface area (Å²) in [6.45, 7) is 3.41. The summed E-state index contributed by atoms with van der Waals surface area (Å²) in [6.07, 6.45) is 2.14. The van der Waals surface area contributed by atoms with Crippen molar-refractivity contribution in [1.82, 2.24) is 10.3 Å². The van der Waals surface area contributed by atoms with Gasteiger partial charge < -0.3 is 19.8 Å². The number of H-pyrrole nitrogens is 1. The molecule has 0 aliphatic heterocycles. The number of amides is 1. The summed E-state index contributed by atoms with van der Waals surface area (Å²) in [5.74, 6) is 0.221. The quantitative estimate of drug-likeness (QED) is 0.763. The van der Waals surface area contributed by atoms with Crippen molar-refractivity contribution in [2.75, 3.05) is 26.9 Å². The van der Waals surface area contributed by atoms with Crippen LogP contribution in [-0.2, 0) is 4.74 Å². The minimum Gasteiger partial charge on any atom is -0.494 e. The van der Waals surface area contributed by atoms with E-state index in [4.69, 9.17) is 9.47 Å². The van der Waals surface area contributed by atoms with Gasteiger partial charge >= 0.3 is 0 Å². The highest BCUT2D eigenvalue weighted by Crippen LogP contribution is 2.17. The summed E-state index contributed by atoms with van der Waals surface area (Å²) in [7, 11) is 1.60. The van der Waals surface area contributed by atoms with Crippen molar-refractivity contribution in [2.45, 2.75) is 13.3 Å². The molecule has 1 aromatic carbocycles. The van der Waals surface area contributed by atoms with Crippen molar-refractivity contribution in [3.8, 4) is 5.75 Å². The number of aromatic nitrogens is 1. The Labute approximate surface area is 128 Å². The number of carbonyl (C=O) groups is 1.